The molecule has 4 rings (SSSR count). The Morgan fingerprint density at radius 2 is 2.16 bits per heavy atom. The summed E-state index contributed by atoms with van der Waals surface area (Å²) in [5.41, 5.74) is 1.51. The first kappa shape index (κ1) is 16.1. The van der Waals surface area contributed by atoms with Gasteiger partial charge in [-0.05, 0) is 31.5 Å². The van der Waals surface area contributed by atoms with Crippen LogP contribution in [0.15, 0.2) is 24.3 Å². The third-order valence-corrected chi connectivity index (χ3v) is 5.15. The van der Waals surface area contributed by atoms with Gasteiger partial charge >= 0.3 is 6.01 Å². The second-order valence-electron chi connectivity index (χ2n) is 6.71. The number of fused-ring (bicyclic) bond motifs is 1. The molecule has 0 radical (unpaired) electrons. The summed E-state index contributed by atoms with van der Waals surface area (Å²) in [6, 6.07) is 8.52. The van der Waals surface area contributed by atoms with Crippen LogP contribution in [0.4, 0.5) is 0 Å². The van der Waals surface area contributed by atoms with Crippen LogP contribution in [0.25, 0.3) is 11.4 Å². The van der Waals surface area contributed by atoms with Crippen LogP contribution in [0.3, 0.4) is 0 Å². The van der Waals surface area contributed by atoms with Crippen molar-refractivity contribution >= 4 is 5.91 Å². The third-order valence-electron chi connectivity index (χ3n) is 5.15. The van der Waals surface area contributed by atoms with E-state index in [4.69, 9.17) is 4.74 Å². The summed E-state index contributed by atoms with van der Waals surface area (Å²) >= 11 is 0. The number of methoxy groups -OCH3 is 1. The maximum atomic E-state index is 12.9. The molecule has 0 bridgehead atoms. The summed E-state index contributed by atoms with van der Waals surface area (Å²) < 4.78 is 6.76. The number of aryl methyl sites for hydroxylation is 1. The molecule has 0 unspecified atom stereocenters. The van der Waals surface area contributed by atoms with Crippen molar-refractivity contribution in [1.29, 1.82) is 0 Å². The summed E-state index contributed by atoms with van der Waals surface area (Å²) in [5, 5.41) is 4.36. The minimum absolute atomic E-state index is 0.0938. The normalized spacial score (nSPS) is 20.6. The van der Waals surface area contributed by atoms with E-state index >= 15 is 0 Å². The average molecular weight is 341 g/mol. The van der Waals surface area contributed by atoms with E-state index in [1.807, 2.05) is 29.2 Å². The minimum Gasteiger partial charge on any atom is -0.467 e. The number of ether oxygens (including phenoxy) is 1. The number of hydrogen-bond acceptors (Lipinski definition) is 5. The fourth-order valence-corrected chi connectivity index (χ4v) is 3.82. The number of carbonyl (C=O) groups excluding carboxylic acids is 1. The molecule has 2 aliphatic rings. The van der Waals surface area contributed by atoms with Crippen LogP contribution in [0.2, 0.25) is 0 Å². The lowest BCUT2D eigenvalue weighted by atomic mass is 10.1. The maximum absolute atomic E-state index is 12.9. The summed E-state index contributed by atoms with van der Waals surface area (Å²) in [6.07, 6.45) is 2.44. The lowest BCUT2D eigenvalue weighted by molar-refractivity contribution is 0.0571. The summed E-state index contributed by atoms with van der Waals surface area (Å²) in [4.78, 5) is 21.8. The summed E-state index contributed by atoms with van der Waals surface area (Å²) in [6.45, 7) is 3.79. The van der Waals surface area contributed by atoms with Crippen molar-refractivity contribution in [3.63, 3.8) is 0 Å². The first-order valence-electron chi connectivity index (χ1n) is 8.74. The van der Waals surface area contributed by atoms with E-state index in [9.17, 15) is 4.79 Å². The van der Waals surface area contributed by atoms with Gasteiger partial charge in [-0.2, -0.15) is 4.98 Å². The first-order chi connectivity index (χ1) is 12.2. The number of rotatable bonds is 3. The van der Waals surface area contributed by atoms with Crippen LogP contribution >= 0.6 is 0 Å². The van der Waals surface area contributed by atoms with Gasteiger partial charge in [0.05, 0.1) is 7.11 Å². The molecule has 25 heavy (non-hydrogen) atoms. The van der Waals surface area contributed by atoms with Gasteiger partial charge in [-0.1, -0.05) is 12.1 Å². The van der Waals surface area contributed by atoms with E-state index in [0.717, 1.165) is 25.2 Å². The van der Waals surface area contributed by atoms with Crippen molar-refractivity contribution in [3.8, 4) is 17.4 Å². The monoisotopic (exact) mass is 341 g/mol. The van der Waals surface area contributed by atoms with Gasteiger partial charge in [0.25, 0.3) is 5.91 Å². The molecule has 3 heterocycles. The summed E-state index contributed by atoms with van der Waals surface area (Å²) in [5.74, 6) is 0.658. The van der Waals surface area contributed by atoms with Gasteiger partial charge in [0.2, 0.25) is 0 Å². The molecule has 0 spiro atoms. The smallest absolute Gasteiger partial charge is 0.314 e. The molecule has 0 aliphatic carbocycles. The molecule has 132 valence electrons. The molecule has 1 aromatic heterocycles. The number of benzene rings is 1. The number of aromatic nitrogens is 3. The second kappa shape index (κ2) is 6.48. The Kier molecular flexibility index (Phi) is 4.17. The molecule has 7 heteroatoms. The molecule has 0 saturated carbocycles. The van der Waals surface area contributed by atoms with Crippen molar-refractivity contribution in [3.05, 3.63) is 29.8 Å². The van der Waals surface area contributed by atoms with E-state index in [2.05, 4.69) is 15.0 Å². The SMILES string of the molecule is COc1nc(-c2cccc(C(=O)N3CCN4CCC[C@H]4C3)c2)nn1C. The first-order valence-corrected chi connectivity index (χ1v) is 8.74. The fraction of sp³-hybridized carbons (Fsp3) is 0.500. The van der Waals surface area contributed by atoms with Crippen molar-refractivity contribution in [2.45, 2.75) is 18.9 Å². The second-order valence-corrected chi connectivity index (χ2v) is 6.71. The Hall–Kier alpha value is -2.41. The van der Waals surface area contributed by atoms with Crippen LogP contribution in [-0.2, 0) is 7.05 Å². The van der Waals surface area contributed by atoms with Crippen molar-refractivity contribution in [1.82, 2.24) is 24.6 Å². The molecule has 2 aromatic rings. The standard InChI is InChI=1S/C18H23N5O2/c1-21-18(25-2)19-16(20-21)13-5-3-6-14(11-13)17(24)23-10-9-22-8-4-7-15(22)12-23/h3,5-6,11,15H,4,7-10,12H2,1-2H3/t15-/m0/s1. The number of hydrogen-bond donors (Lipinski definition) is 0. The number of piperazine rings is 1. The number of amides is 1. The molecule has 2 aliphatic heterocycles. The van der Waals surface area contributed by atoms with E-state index < -0.39 is 0 Å². The fourth-order valence-electron chi connectivity index (χ4n) is 3.82. The molecule has 2 saturated heterocycles. The van der Waals surface area contributed by atoms with Crippen molar-refractivity contribution < 1.29 is 9.53 Å². The van der Waals surface area contributed by atoms with E-state index in [1.165, 1.54) is 19.4 Å². The zero-order valence-electron chi connectivity index (χ0n) is 14.7. The Labute approximate surface area is 147 Å². The van der Waals surface area contributed by atoms with E-state index in [1.54, 1.807) is 18.8 Å². The average Bonchev–Trinajstić information content (AvgIpc) is 3.26. The van der Waals surface area contributed by atoms with Crippen LogP contribution in [0.1, 0.15) is 23.2 Å². The zero-order chi connectivity index (χ0) is 17.4. The van der Waals surface area contributed by atoms with Crippen LogP contribution in [-0.4, -0.2) is 69.8 Å². The topological polar surface area (TPSA) is 63.5 Å². The lowest BCUT2D eigenvalue weighted by Crippen LogP contribution is -2.52. The summed E-state index contributed by atoms with van der Waals surface area (Å²) in [7, 11) is 3.35. The van der Waals surface area contributed by atoms with Crippen LogP contribution < -0.4 is 4.74 Å². The van der Waals surface area contributed by atoms with Crippen LogP contribution in [0.5, 0.6) is 6.01 Å². The third kappa shape index (κ3) is 3.00. The maximum Gasteiger partial charge on any atom is 0.314 e. The van der Waals surface area contributed by atoms with E-state index in [0.29, 0.717) is 23.4 Å². The quantitative estimate of drug-likeness (QED) is 0.845. The number of nitrogens with zero attached hydrogens (tertiary/aromatic N) is 5. The van der Waals surface area contributed by atoms with Gasteiger partial charge in [-0.3, -0.25) is 9.69 Å². The van der Waals surface area contributed by atoms with Crippen molar-refractivity contribution in [2.24, 2.45) is 7.05 Å². The van der Waals surface area contributed by atoms with Gasteiger partial charge in [0.1, 0.15) is 0 Å². The van der Waals surface area contributed by atoms with Gasteiger partial charge in [0, 0.05) is 43.9 Å². The molecule has 1 amide bonds. The highest BCUT2D eigenvalue weighted by molar-refractivity contribution is 5.95. The largest absolute Gasteiger partial charge is 0.467 e. The molecular weight excluding hydrogens is 318 g/mol. The highest BCUT2D eigenvalue weighted by atomic mass is 16.5. The Bertz CT molecular complexity index is 788. The van der Waals surface area contributed by atoms with Gasteiger partial charge in [-0.25, -0.2) is 4.68 Å². The number of carbonyl (C=O) groups is 1. The van der Waals surface area contributed by atoms with Crippen LogP contribution in [0, 0.1) is 0 Å². The predicted octanol–water partition coefficient (Wildman–Crippen LogP) is 1.41. The Morgan fingerprint density at radius 1 is 1.28 bits per heavy atom. The molecule has 1 aromatic carbocycles. The molecule has 7 nitrogen and oxygen atoms in total. The highest BCUT2D eigenvalue weighted by Gasteiger charge is 2.32. The molecule has 1 atom stereocenters. The molecule has 0 N–H and O–H groups in total. The van der Waals surface area contributed by atoms with Gasteiger partial charge in [-0.15, -0.1) is 5.10 Å². The molecule has 2 fully saturated rings. The minimum atomic E-state index is 0.0938. The van der Waals surface area contributed by atoms with Gasteiger partial charge < -0.3 is 9.64 Å². The predicted molar refractivity (Wildman–Crippen MR) is 93.5 cm³/mol. The zero-order valence-corrected chi connectivity index (χ0v) is 14.7. The Balaban J connectivity index is 1.55. The van der Waals surface area contributed by atoms with E-state index in [-0.39, 0.29) is 5.91 Å². The van der Waals surface area contributed by atoms with Gasteiger partial charge in [0.15, 0.2) is 5.82 Å². The highest BCUT2D eigenvalue weighted by Crippen LogP contribution is 2.24. The molecular formula is C18H23N5O2. The van der Waals surface area contributed by atoms with Crippen molar-refractivity contribution in [2.75, 3.05) is 33.3 Å². The Morgan fingerprint density at radius 3 is 2.96 bits per heavy atom. The lowest BCUT2D eigenvalue weighted by Gasteiger charge is -2.37.